The van der Waals surface area contributed by atoms with Crippen LogP contribution in [0.25, 0.3) is 0 Å². The van der Waals surface area contributed by atoms with E-state index in [4.69, 9.17) is 5.11 Å². The maximum absolute atomic E-state index is 11.9. The number of carboxylic acids is 1. The van der Waals surface area contributed by atoms with Gasteiger partial charge in [-0.1, -0.05) is 45.0 Å². The van der Waals surface area contributed by atoms with Crippen LogP contribution in [-0.4, -0.2) is 23.0 Å². The summed E-state index contributed by atoms with van der Waals surface area (Å²) in [6.45, 7) is 5.93. The molecule has 0 bridgehead atoms. The van der Waals surface area contributed by atoms with Crippen molar-refractivity contribution in [3.63, 3.8) is 0 Å². The van der Waals surface area contributed by atoms with Gasteiger partial charge in [-0.2, -0.15) is 0 Å². The molecule has 0 aliphatic heterocycles. The molecule has 4 heteroatoms. The van der Waals surface area contributed by atoms with Crippen LogP contribution in [0.2, 0.25) is 0 Å². The Morgan fingerprint density at radius 3 is 2.45 bits per heavy atom. The van der Waals surface area contributed by atoms with E-state index in [0.717, 1.165) is 12.0 Å². The average Bonchev–Trinajstić information content (AvgIpc) is 2.37. The topological polar surface area (TPSA) is 66.4 Å². The minimum atomic E-state index is -0.977. The summed E-state index contributed by atoms with van der Waals surface area (Å²) in [6.07, 6.45) is 1.58. The van der Waals surface area contributed by atoms with Crippen LogP contribution in [0.15, 0.2) is 24.3 Å². The Hall–Kier alpha value is -1.84. The smallest absolute Gasteiger partial charge is 0.326 e. The van der Waals surface area contributed by atoms with Crippen LogP contribution in [0.1, 0.15) is 38.3 Å². The predicted molar refractivity (Wildman–Crippen MR) is 78.5 cm³/mol. The van der Waals surface area contributed by atoms with Crippen molar-refractivity contribution < 1.29 is 14.7 Å². The molecule has 0 fully saturated rings. The maximum atomic E-state index is 11.9. The largest absolute Gasteiger partial charge is 0.480 e. The van der Waals surface area contributed by atoms with E-state index in [2.05, 4.69) is 12.2 Å². The first-order valence-corrected chi connectivity index (χ1v) is 7.02. The Bertz CT molecular complexity index is 469. The average molecular weight is 277 g/mol. The Morgan fingerprint density at radius 1 is 1.25 bits per heavy atom. The molecule has 0 aliphatic rings. The molecule has 0 unspecified atom stereocenters. The van der Waals surface area contributed by atoms with E-state index >= 15 is 0 Å². The Morgan fingerprint density at radius 2 is 1.90 bits per heavy atom. The summed E-state index contributed by atoms with van der Waals surface area (Å²) in [5, 5.41) is 11.7. The molecule has 1 rings (SSSR count). The molecule has 0 heterocycles. The van der Waals surface area contributed by atoms with Gasteiger partial charge in [-0.3, -0.25) is 4.79 Å². The number of carbonyl (C=O) groups is 2. The second-order valence-corrected chi connectivity index (χ2v) is 5.44. The van der Waals surface area contributed by atoms with Crippen LogP contribution in [0.4, 0.5) is 0 Å². The summed E-state index contributed by atoms with van der Waals surface area (Å²) < 4.78 is 0. The van der Waals surface area contributed by atoms with Crippen LogP contribution in [0.5, 0.6) is 0 Å². The fourth-order valence-electron chi connectivity index (χ4n) is 2.08. The van der Waals surface area contributed by atoms with Crippen LogP contribution in [0, 0.1) is 5.92 Å². The van der Waals surface area contributed by atoms with Gasteiger partial charge in [0.15, 0.2) is 0 Å². The third-order valence-electron chi connectivity index (χ3n) is 3.10. The molecule has 0 radical (unpaired) electrons. The molecule has 110 valence electrons. The first-order valence-electron chi connectivity index (χ1n) is 7.02. The molecule has 0 spiro atoms. The van der Waals surface area contributed by atoms with Crippen molar-refractivity contribution in [1.29, 1.82) is 0 Å². The number of aliphatic carboxylic acids is 1. The number of benzene rings is 1. The van der Waals surface area contributed by atoms with Gasteiger partial charge < -0.3 is 10.4 Å². The standard InChI is InChI=1S/C16H23NO3/c1-4-12-6-5-7-13(9-12)10-15(18)17-14(16(19)20)8-11(2)3/h5-7,9,11,14H,4,8,10H2,1-3H3,(H,17,18)(H,19,20)/t14-/m1/s1. The lowest BCUT2D eigenvalue weighted by molar-refractivity contribution is -0.142. The maximum Gasteiger partial charge on any atom is 0.326 e. The normalized spacial score (nSPS) is 12.2. The van der Waals surface area contributed by atoms with E-state index in [1.165, 1.54) is 5.56 Å². The van der Waals surface area contributed by atoms with Crippen LogP contribution in [0.3, 0.4) is 0 Å². The monoisotopic (exact) mass is 277 g/mol. The minimum absolute atomic E-state index is 0.218. The summed E-state index contributed by atoms with van der Waals surface area (Å²) in [5.74, 6) is -1.000. The molecule has 1 aromatic carbocycles. The fraction of sp³-hybridized carbons (Fsp3) is 0.500. The second-order valence-electron chi connectivity index (χ2n) is 5.44. The Balaban J connectivity index is 2.63. The van der Waals surface area contributed by atoms with Crippen LogP contribution in [-0.2, 0) is 22.4 Å². The highest BCUT2D eigenvalue weighted by atomic mass is 16.4. The molecule has 0 aromatic heterocycles. The van der Waals surface area contributed by atoms with Crippen molar-refractivity contribution in [2.24, 2.45) is 5.92 Å². The van der Waals surface area contributed by atoms with Crippen molar-refractivity contribution in [2.45, 2.75) is 46.1 Å². The van der Waals surface area contributed by atoms with Gasteiger partial charge in [0.2, 0.25) is 5.91 Å². The zero-order valence-electron chi connectivity index (χ0n) is 12.3. The highest BCUT2D eigenvalue weighted by Crippen LogP contribution is 2.08. The summed E-state index contributed by atoms with van der Waals surface area (Å²) in [5.41, 5.74) is 2.09. The molecule has 0 saturated carbocycles. The lowest BCUT2D eigenvalue weighted by Gasteiger charge is -2.16. The number of aryl methyl sites for hydroxylation is 1. The van der Waals surface area contributed by atoms with Crippen molar-refractivity contribution in [2.75, 3.05) is 0 Å². The number of nitrogens with one attached hydrogen (secondary N) is 1. The molecule has 20 heavy (non-hydrogen) atoms. The number of amides is 1. The second kappa shape index (κ2) is 7.68. The van der Waals surface area contributed by atoms with Crippen molar-refractivity contribution >= 4 is 11.9 Å². The highest BCUT2D eigenvalue weighted by molar-refractivity contribution is 5.84. The molecule has 2 N–H and O–H groups in total. The van der Waals surface area contributed by atoms with Crippen LogP contribution >= 0.6 is 0 Å². The van der Waals surface area contributed by atoms with Gasteiger partial charge >= 0.3 is 5.97 Å². The zero-order chi connectivity index (χ0) is 15.1. The van der Waals surface area contributed by atoms with E-state index in [-0.39, 0.29) is 18.2 Å². The first-order chi connectivity index (χ1) is 9.42. The van der Waals surface area contributed by atoms with E-state index in [0.29, 0.717) is 6.42 Å². The van der Waals surface area contributed by atoms with E-state index in [1.807, 2.05) is 38.1 Å². The molecule has 0 saturated heterocycles. The van der Waals surface area contributed by atoms with Gasteiger partial charge in [0.1, 0.15) is 6.04 Å². The number of hydrogen-bond acceptors (Lipinski definition) is 2. The van der Waals surface area contributed by atoms with Gasteiger partial charge in [-0.25, -0.2) is 4.79 Å². The molecule has 4 nitrogen and oxygen atoms in total. The van der Waals surface area contributed by atoms with E-state index < -0.39 is 12.0 Å². The lowest BCUT2D eigenvalue weighted by atomic mass is 10.0. The zero-order valence-corrected chi connectivity index (χ0v) is 12.3. The van der Waals surface area contributed by atoms with Crippen molar-refractivity contribution in [3.05, 3.63) is 35.4 Å². The summed E-state index contributed by atoms with van der Waals surface area (Å²) in [7, 11) is 0. The molecule has 1 aromatic rings. The Labute approximate surface area is 120 Å². The SMILES string of the molecule is CCc1cccc(CC(=O)N[C@H](CC(C)C)C(=O)O)c1. The fourth-order valence-corrected chi connectivity index (χ4v) is 2.08. The highest BCUT2D eigenvalue weighted by Gasteiger charge is 2.20. The number of carboxylic acid groups (broad SMARTS) is 1. The lowest BCUT2D eigenvalue weighted by Crippen LogP contribution is -2.42. The van der Waals surface area contributed by atoms with Crippen molar-refractivity contribution in [3.8, 4) is 0 Å². The molecular weight excluding hydrogens is 254 g/mol. The quantitative estimate of drug-likeness (QED) is 0.804. The van der Waals surface area contributed by atoms with Gasteiger partial charge in [-0.05, 0) is 29.9 Å². The Kier molecular flexibility index (Phi) is 6.22. The number of rotatable bonds is 7. The van der Waals surface area contributed by atoms with Gasteiger partial charge in [-0.15, -0.1) is 0 Å². The first kappa shape index (κ1) is 16.2. The van der Waals surface area contributed by atoms with Gasteiger partial charge in [0.25, 0.3) is 0 Å². The van der Waals surface area contributed by atoms with E-state index in [1.54, 1.807) is 0 Å². The van der Waals surface area contributed by atoms with Crippen molar-refractivity contribution in [1.82, 2.24) is 5.32 Å². The molecular formula is C16H23NO3. The van der Waals surface area contributed by atoms with Crippen LogP contribution < -0.4 is 5.32 Å². The minimum Gasteiger partial charge on any atom is -0.480 e. The van der Waals surface area contributed by atoms with Gasteiger partial charge in [0, 0.05) is 0 Å². The molecule has 1 atom stereocenters. The van der Waals surface area contributed by atoms with Gasteiger partial charge in [0.05, 0.1) is 6.42 Å². The summed E-state index contributed by atoms with van der Waals surface area (Å²) in [6, 6.07) is 7.00. The molecule has 0 aliphatic carbocycles. The number of hydrogen-bond donors (Lipinski definition) is 2. The summed E-state index contributed by atoms with van der Waals surface area (Å²) in [4.78, 5) is 23.0. The van der Waals surface area contributed by atoms with E-state index in [9.17, 15) is 9.59 Å². The predicted octanol–water partition coefficient (Wildman–Crippen LogP) is 2.41. The third kappa shape index (κ3) is 5.43. The number of carbonyl (C=O) groups excluding carboxylic acids is 1. The summed E-state index contributed by atoms with van der Waals surface area (Å²) >= 11 is 0. The third-order valence-corrected chi connectivity index (χ3v) is 3.10. The molecule has 1 amide bonds.